The molecule has 0 aromatic heterocycles. The monoisotopic (exact) mass is 379 g/mol. The molecule has 1 saturated heterocycles. The topological polar surface area (TPSA) is 44.8 Å². The highest BCUT2D eigenvalue weighted by molar-refractivity contribution is 5.82. The van der Waals surface area contributed by atoms with E-state index in [1.165, 1.54) is 16.7 Å². The van der Waals surface area contributed by atoms with Gasteiger partial charge < -0.3 is 10.2 Å². The van der Waals surface area contributed by atoms with Crippen molar-refractivity contribution in [1.29, 1.82) is 0 Å². The average Bonchev–Trinajstić information content (AvgIpc) is 3.14. The predicted octanol–water partition coefficient (Wildman–Crippen LogP) is 3.42. The maximum atomic E-state index is 12.5. The maximum Gasteiger partial charge on any atom is 0.347 e. The first-order valence-electron chi connectivity index (χ1n) is 10.2. The lowest BCUT2D eigenvalue weighted by Gasteiger charge is -2.33. The minimum atomic E-state index is -0.282. The van der Waals surface area contributed by atoms with Gasteiger partial charge in [-0.3, -0.25) is 4.90 Å². The number of anilines is 1. The van der Waals surface area contributed by atoms with Gasteiger partial charge in [0.1, 0.15) is 6.04 Å². The van der Waals surface area contributed by atoms with Crippen LogP contribution in [0, 0.1) is 0 Å². The van der Waals surface area contributed by atoms with E-state index in [0.717, 1.165) is 38.4 Å². The van der Waals surface area contributed by atoms with Crippen LogP contribution in [0.3, 0.4) is 0 Å². The molecule has 148 valence electrons. The first-order chi connectivity index (χ1) is 13.6. The Bertz CT molecular complexity index is 786. The molecule has 2 aliphatic rings. The van der Waals surface area contributed by atoms with Crippen molar-refractivity contribution in [2.75, 3.05) is 31.5 Å². The van der Waals surface area contributed by atoms with E-state index in [-0.39, 0.29) is 12.0 Å². The van der Waals surface area contributed by atoms with Gasteiger partial charge in [-0.2, -0.15) is 0 Å². The van der Waals surface area contributed by atoms with E-state index >= 15 is 0 Å². The zero-order chi connectivity index (χ0) is 19.5. The van der Waals surface area contributed by atoms with E-state index in [4.69, 9.17) is 4.84 Å². The third-order valence-electron chi connectivity index (χ3n) is 5.66. The first kappa shape index (κ1) is 19.0. The number of rotatable bonds is 5. The molecule has 28 heavy (non-hydrogen) atoms. The Morgan fingerprint density at radius 3 is 2.46 bits per heavy atom. The summed E-state index contributed by atoms with van der Waals surface area (Å²) in [4.78, 5) is 20.6. The fraction of sp³-hybridized carbons (Fsp3) is 0.435. The summed E-state index contributed by atoms with van der Waals surface area (Å²) in [7, 11) is 0. The number of nitrogens with zero attached hydrogens (tertiary/aromatic N) is 2. The molecule has 5 nitrogen and oxygen atoms in total. The number of para-hydroxylation sites is 1. The molecule has 2 aromatic carbocycles. The van der Waals surface area contributed by atoms with Crippen LogP contribution < -0.4 is 5.32 Å². The van der Waals surface area contributed by atoms with Crippen molar-refractivity contribution in [2.24, 2.45) is 0 Å². The SMILES string of the molecule is CC(C)c1ccc(CN2CCN(OC(=O)C3Cc4ccccc4N3)CC2)cc1. The van der Waals surface area contributed by atoms with Gasteiger partial charge in [-0.15, -0.1) is 5.06 Å². The summed E-state index contributed by atoms with van der Waals surface area (Å²) in [6, 6.07) is 16.7. The second-order valence-corrected chi connectivity index (χ2v) is 8.07. The number of hydrogen-bond acceptors (Lipinski definition) is 5. The molecule has 0 radical (unpaired) electrons. The maximum absolute atomic E-state index is 12.5. The molecule has 0 amide bonds. The molecule has 0 saturated carbocycles. The van der Waals surface area contributed by atoms with Gasteiger partial charge in [0.05, 0.1) is 0 Å². The third kappa shape index (κ3) is 4.37. The van der Waals surface area contributed by atoms with Crippen molar-refractivity contribution >= 4 is 11.7 Å². The van der Waals surface area contributed by atoms with Crippen LogP contribution in [0.25, 0.3) is 0 Å². The van der Waals surface area contributed by atoms with Gasteiger partial charge >= 0.3 is 5.97 Å². The average molecular weight is 380 g/mol. The number of hydrogen-bond donors (Lipinski definition) is 1. The highest BCUT2D eigenvalue weighted by Crippen LogP contribution is 2.26. The first-order valence-corrected chi connectivity index (χ1v) is 10.2. The number of benzene rings is 2. The van der Waals surface area contributed by atoms with E-state index in [2.05, 4.69) is 54.4 Å². The van der Waals surface area contributed by atoms with E-state index in [1.807, 2.05) is 23.3 Å². The molecule has 1 unspecified atom stereocenters. The quantitative estimate of drug-likeness (QED) is 0.862. The van der Waals surface area contributed by atoms with E-state index in [9.17, 15) is 4.79 Å². The minimum absolute atomic E-state index is 0.186. The summed E-state index contributed by atoms with van der Waals surface area (Å²) in [5.41, 5.74) is 4.93. The highest BCUT2D eigenvalue weighted by Gasteiger charge is 2.30. The van der Waals surface area contributed by atoms with Crippen LogP contribution in [0.1, 0.15) is 36.5 Å². The fourth-order valence-electron chi connectivity index (χ4n) is 3.88. The van der Waals surface area contributed by atoms with Gasteiger partial charge in [-0.25, -0.2) is 4.79 Å². The van der Waals surface area contributed by atoms with Gasteiger partial charge in [0.2, 0.25) is 0 Å². The van der Waals surface area contributed by atoms with E-state index in [1.54, 1.807) is 0 Å². The summed E-state index contributed by atoms with van der Waals surface area (Å²) in [6.45, 7) is 8.67. The summed E-state index contributed by atoms with van der Waals surface area (Å²) >= 11 is 0. The number of carbonyl (C=O) groups is 1. The lowest BCUT2D eigenvalue weighted by atomic mass is 10.0. The zero-order valence-electron chi connectivity index (χ0n) is 16.7. The molecule has 5 heteroatoms. The largest absolute Gasteiger partial charge is 0.372 e. The Morgan fingerprint density at radius 2 is 1.79 bits per heavy atom. The smallest absolute Gasteiger partial charge is 0.347 e. The van der Waals surface area contributed by atoms with Crippen LogP contribution in [0.5, 0.6) is 0 Å². The lowest BCUT2D eigenvalue weighted by molar-refractivity contribution is -0.198. The molecule has 0 spiro atoms. The second-order valence-electron chi connectivity index (χ2n) is 8.07. The van der Waals surface area contributed by atoms with E-state index in [0.29, 0.717) is 12.3 Å². The van der Waals surface area contributed by atoms with Gasteiger partial charge in [-0.1, -0.05) is 56.3 Å². The Kier molecular flexibility index (Phi) is 5.64. The Hall–Kier alpha value is -2.37. The van der Waals surface area contributed by atoms with Crippen molar-refractivity contribution < 1.29 is 9.63 Å². The molecular weight excluding hydrogens is 350 g/mol. The second kappa shape index (κ2) is 8.33. The van der Waals surface area contributed by atoms with Gasteiger partial charge in [0.15, 0.2) is 0 Å². The van der Waals surface area contributed by atoms with Crippen LogP contribution in [-0.2, 0) is 22.6 Å². The Labute approximate surface area is 167 Å². The van der Waals surface area contributed by atoms with Crippen LogP contribution in [0.15, 0.2) is 48.5 Å². The highest BCUT2D eigenvalue weighted by atomic mass is 16.7. The number of carbonyl (C=O) groups excluding carboxylic acids is 1. The van der Waals surface area contributed by atoms with Crippen LogP contribution >= 0.6 is 0 Å². The van der Waals surface area contributed by atoms with Crippen molar-refractivity contribution in [3.63, 3.8) is 0 Å². The van der Waals surface area contributed by atoms with Crippen LogP contribution in [0.2, 0.25) is 0 Å². The Morgan fingerprint density at radius 1 is 1.07 bits per heavy atom. The van der Waals surface area contributed by atoms with Crippen molar-refractivity contribution in [3.8, 4) is 0 Å². The number of hydroxylamine groups is 2. The van der Waals surface area contributed by atoms with Crippen LogP contribution in [-0.4, -0.2) is 48.2 Å². The summed E-state index contributed by atoms with van der Waals surface area (Å²) in [5, 5.41) is 5.08. The van der Waals surface area contributed by atoms with Gasteiger partial charge in [0, 0.05) is 44.8 Å². The lowest BCUT2D eigenvalue weighted by Crippen LogP contribution is -2.48. The normalized spacial score (nSPS) is 20.0. The number of fused-ring (bicyclic) bond motifs is 1. The van der Waals surface area contributed by atoms with Crippen LogP contribution in [0.4, 0.5) is 5.69 Å². The molecule has 1 atom stereocenters. The van der Waals surface area contributed by atoms with Gasteiger partial charge in [0.25, 0.3) is 0 Å². The van der Waals surface area contributed by atoms with Gasteiger partial charge in [-0.05, 0) is 28.7 Å². The molecule has 2 aliphatic heterocycles. The molecule has 1 fully saturated rings. The zero-order valence-corrected chi connectivity index (χ0v) is 16.7. The van der Waals surface area contributed by atoms with E-state index < -0.39 is 0 Å². The third-order valence-corrected chi connectivity index (χ3v) is 5.66. The van der Waals surface area contributed by atoms with Crippen molar-refractivity contribution in [3.05, 3.63) is 65.2 Å². The number of nitrogens with one attached hydrogen (secondary N) is 1. The van der Waals surface area contributed by atoms with Crippen molar-refractivity contribution in [1.82, 2.24) is 9.96 Å². The molecule has 0 aliphatic carbocycles. The molecule has 2 heterocycles. The molecule has 4 rings (SSSR count). The molecular formula is C23H29N3O2. The summed E-state index contributed by atoms with van der Waals surface area (Å²) in [6.07, 6.45) is 0.696. The molecule has 1 N–H and O–H groups in total. The minimum Gasteiger partial charge on any atom is -0.372 e. The van der Waals surface area contributed by atoms with Crippen molar-refractivity contribution in [2.45, 2.75) is 38.8 Å². The predicted molar refractivity (Wildman–Crippen MR) is 111 cm³/mol. The standard InChI is InChI=1S/C23H29N3O2/c1-17(2)19-9-7-18(8-10-19)16-25-11-13-26(14-12-25)28-23(27)22-15-20-5-3-4-6-21(20)24-22/h3-10,17,22,24H,11-16H2,1-2H3. The number of piperazine rings is 1. The summed E-state index contributed by atoms with van der Waals surface area (Å²) < 4.78 is 0. The Balaban J connectivity index is 1.23. The molecule has 2 aromatic rings. The summed E-state index contributed by atoms with van der Waals surface area (Å²) in [5.74, 6) is 0.378. The molecule has 0 bridgehead atoms. The fourth-order valence-corrected chi connectivity index (χ4v) is 3.88.